The van der Waals surface area contributed by atoms with Gasteiger partial charge in [-0.3, -0.25) is 4.98 Å². The average Bonchev–Trinajstić information content (AvgIpc) is 2.51. The van der Waals surface area contributed by atoms with Crippen molar-refractivity contribution in [1.82, 2.24) is 15.0 Å². The predicted octanol–water partition coefficient (Wildman–Crippen LogP) is 3.03. The highest BCUT2D eigenvalue weighted by molar-refractivity contribution is 5.49. The molecule has 0 bridgehead atoms. The summed E-state index contributed by atoms with van der Waals surface area (Å²) in [6.07, 6.45) is 4.14. The predicted molar refractivity (Wildman–Crippen MR) is 86.5 cm³/mol. The second kappa shape index (κ2) is 7.57. The molecule has 0 aliphatic heterocycles. The first-order chi connectivity index (χ1) is 10.2. The molecule has 0 aliphatic rings. The molecule has 0 radical (unpaired) electrons. The van der Waals surface area contributed by atoms with Crippen molar-refractivity contribution >= 4 is 11.6 Å². The van der Waals surface area contributed by atoms with Gasteiger partial charge in [0.1, 0.15) is 17.5 Å². The van der Waals surface area contributed by atoms with Crippen molar-refractivity contribution in [2.75, 3.05) is 23.8 Å². The molecule has 2 rings (SSSR count). The van der Waals surface area contributed by atoms with Crippen LogP contribution in [0.2, 0.25) is 0 Å². The van der Waals surface area contributed by atoms with Gasteiger partial charge >= 0.3 is 0 Å². The van der Waals surface area contributed by atoms with Crippen LogP contribution in [-0.2, 0) is 6.54 Å². The molecule has 1 N–H and O–H groups in total. The molecule has 0 spiro atoms. The van der Waals surface area contributed by atoms with Gasteiger partial charge in [0.2, 0.25) is 0 Å². The number of pyridine rings is 1. The minimum Gasteiger partial charge on any atom is -0.364 e. The van der Waals surface area contributed by atoms with Gasteiger partial charge in [0.25, 0.3) is 0 Å². The molecule has 0 amide bonds. The normalized spacial score (nSPS) is 10.4. The maximum absolute atomic E-state index is 4.50. The first-order valence-corrected chi connectivity index (χ1v) is 7.39. The van der Waals surface area contributed by atoms with E-state index in [-0.39, 0.29) is 0 Å². The minimum absolute atomic E-state index is 0.662. The lowest BCUT2D eigenvalue weighted by Crippen LogP contribution is -2.20. The molecule has 0 fully saturated rings. The molecule has 2 heterocycles. The Hall–Kier alpha value is -2.17. The van der Waals surface area contributed by atoms with E-state index >= 15 is 0 Å². The molecular weight excluding hydrogens is 262 g/mol. The molecule has 2 aromatic heterocycles. The van der Waals surface area contributed by atoms with Crippen molar-refractivity contribution in [1.29, 1.82) is 0 Å². The van der Waals surface area contributed by atoms with Crippen LogP contribution in [0.5, 0.6) is 0 Å². The van der Waals surface area contributed by atoms with E-state index in [1.165, 1.54) is 6.42 Å². The summed E-state index contributed by atoms with van der Waals surface area (Å²) in [7, 11) is 2.07. The summed E-state index contributed by atoms with van der Waals surface area (Å²) in [5.41, 5.74) is 0.995. The SMILES string of the molecule is CCCCN(C)c1cc(NCc2ccccn2)nc(C)n1. The van der Waals surface area contributed by atoms with Crippen molar-refractivity contribution in [2.45, 2.75) is 33.2 Å². The minimum atomic E-state index is 0.662. The molecule has 0 aromatic carbocycles. The standard InChI is InChI=1S/C16H23N5/c1-4-5-10-21(3)16-11-15(19-13(2)20-16)18-12-14-8-6-7-9-17-14/h6-9,11H,4-5,10,12H2,1-3H3,(H,18,19,20). The summed E-state index contributed by atoms with van der Waals surface area (Å²) in [6, 6.07) is 7.89. The highest BCUT2D eigenvalue weighted by Crippen LogP contribution is 2.15. The van der Waals surface area contributed by atoms with Gasteiger partial charge in [-0.2, -0.15) is 0 Å². The van der Waals surface area contributed by atoms with E-state index in [0.717, 1.165) is 36.1 Å². The van der Waals surface area contributed by atoms with E-state index in [1.54, 1.807) is 6.20 Å². The molecule has 112 valence electrons. The van der Waals surface area contributed by atoms with Gasteiger partial charge in [-0.15, -0.1) is 0 Å². The van der Waals surface area contributed by atoms with Crippen LogP contribution >= 0.6 is 0 Å². The van der Waals surface area contributed by atoms with Crippen LogP contribution < -0.4 is 10.2 Å². The number of unbranched alkanes of at least 4 members (excludes halogenated alkanes) is 1. The van der Waals surface area contributed by atoms with Crippen molar-refractivity contribution in [3.05, 3.63) is 42.0 Å². The van der Waals surface area contributed by atoms with Gasteiger partial charge < -0.3 is 10.2 Å². The fourth-order valence-electron chi connectivity index (χ4n) is 2.03. The van der Waals surface area contributed by atoms with Gasteiger partial charge in [0, 0.05) is 25.9 Å². The van der Waals surface area contributed by atoms with Gasteiger partial charge in [-0.05, 0) is 25.5 Å². The number of nitrogens with zero attached hydrogens (tertiary/aromatic N) is 4. The Kier molecular flexibility index (Phi) is 5.49. The molecule has 0 saturated carbocycles. The number of rotatable bonds is 7. The van der Waals surface area contributed by atoms with Crippen LogP contribution in [0.4, 0.5) is 11.6 Å². The smallest absolute Gasteiger partial charge is 0.134 e. The summed E-state index contributed by atoms with van der Waals surface area (Å²) in [6.45, 7) is 5.78. The second-order valence-electron chi connectivity index (χ2n) is 5.11. The average molecular weight is 285 g/mol. The maximum Gasteiger partial charge on any atom is 0.134 e. The fraction of sp³-hybridized carbons (Fsp3) is 0.438. The number of aromatic nitrogens is 3. The Bertz CT molecular complexity index is 556. The van der Waals surface area contributed by atoms with E-state index in [1.807, 2.05) is 31.2 Å². The Morgan fingerprint density at radius 1 is 1.24 bits per heavy atom. The third kappa shape index (κ3) is 4.70. The van der Waals surface area contributed by atoms with Crippen molar-refractivity contribution in [3.63, 3.8) is 0 Å². The van der Waals surface area contributed by atoms with Crippen LogP contribution in [0.1, 0.15) is 31.3 Å². The zero-order valence-electron chi connectivity index (χ0n) is 13.0. The van der Waals surface area contributed by atoms with Crippen molar-refractivity contribution in [2.24, 2.45) is 0 Å². The maximum atomic E-state index is 4.50. The molecule has 5 heteroatoms. The lowest BCUT2D eigenvalue weighted by Gasteiger charge is -2.19. The van der Waals surface area contributed by atoms with E-state index in [9.17, 15) is 0 Å². The third-order valence-electron chi connectivity index (χ3n) is 3.24. The van der Waals surface area contributed by atoms with E-state index < -0.39 is 0 Å². The quantitative estimate of drug-likeness (QED) is 0.847. The molecule has 0 unspecified atom stereocenters. The van der Waals surface area contributed by atoms with Gasteiger partial charge in [-0.1, -0.05) is 19.4 Å². The zero-order chi connectivity index (χ0) is 15.1. The van der Waals surface area contributed by atoms with Gasteiger partial charge in [0.05, 0.1) is 12.2 Å². The van der Waals surface area contributed by atoms with Crippen molar-refractivity contribution < 1.29 is 0 Å². The van der Waals surface area contributed by atoms with Crippen LogP contribution in [0.3, 0.4) is 0 Å². The van der Waals surface area contributed by atoms with Crippen LogP contribution in [0.25, 0.3) is 0 Å². The van der Waals surface area contributed by atoms with Crippen molar-refractivity contribution in [3.8, 4) is 0 Å². The zero-order valence-corrected chi connectivity index (χ0v) is 13.0. The Morgan fingerprint density at radius 2 is 2.10 bits per heavy atom. The van der Waals surface area contributed by atoms with Gasteiger partial charge in [0.15, 0.2) is 0 Å². The highest BCUT2D eigenvalue weighted by Gasteiger charge is 2.06. The Balaban J connectivity index is 2.04. The monoisotopic (exact) mass is 285 g/mol. The number of anilines is 2. The van der Waals surface area contributed by atoms with E-state index in [2.05, 4.69) is 39.1 Å². The van der Waals surface area contributed by atoms with E-state index in [4.69, 9.17) is 0 Å². The van der Waals surface area contributed by atoms with E-state index in [0.29, 0.717) is 6.54 Å². The van der Waals surface area contributed by atoms with Crippen LogP contribution in [0, 0.1) is 6.92 Å². The summed E-state index contributed by atoms with van der Waals surface area (Å²) in [5, 5.41) is 3.31. The molecule has 0 atom stereocenters. The first-order valence-electron chi connectivity index (χ1n) is 7.39. The molecule has 2 aromatic rings. The van der Waals surface area contributed by atoms with Gasteiger partial charge in [-0.25, -0.2) is 9.97 Å². The molecule has 0 saturated heterocycles. The lowest BCUT2D eigenvalue weighted by molar-refractivity contribution is 0.756. The van der Waals surface area contributed by atoms with Crippen LogP contribution in [0.15, 0.2) is 30.5 Å². The summed E-state index contributed by atoms with van der Waals surface area (Å²) in [4.78, 5) is 15.4. The molecule has 5 nitrogen and oxygen atoms in total. The second-order valence-corrected chi connectivity index (χ2v) is 5.11. The Morgan fingerprint density at radius 3 is 2.81 bits per heavy atom. The molecule has 21 heavy (non-hydrogen) atoms. The summed E-state index contributed by atoms with van der Waals surface area (Å²) < 4.78 is 0. The molecule has 0 aliphatic carbocycles. The first kappa shape index (κ1) is 15.2. The third-order valence-corrected chi connectivity index (χ3v) is 3.24. The molecular formula is C16H23N5. The number of nitrogens with one attached hydrogen (secondary N) is 1. The number of hydrogen-bond donors (Lipinski definition) is 1. The fourth-order valence-corrected chi connectivity index (χ4v) is 2.03. The Labute approximate surface area is 126 Å². The number of aryl methyl sites for hydroxylation is 1. The largest absolute Gasteiger partial charge is 0.364 e. The summed E-state index contributed by atoms with van der Waals surface area (Å²) >= 11 is 0. The topological polar surface area (TPSA) is 53.9 Å². The van der Waals surface area contributed by atoms with Crippen LogP contribution in [-0.4, -0.2) is 28.5 Å². The summed E-state index contributed by atoms with van der Waals surface area (Å²) in [5.74, 6) is 2.57. The highest BCUT2D eigenvalue weighted by atomic mass is 15.2. The lowest BCUT2D eigenvalue weighted by atomic mass is 10.3. The number of hydrogen-bond acceptors (Lipinski definition) is 5.